The van der Waals surface area contributed by atoms with E-state index in [1.54, 1.807) is 0 Å². The summed E-state index contributed by atoms with van der Waals surface area (Å²) in [6, 6.07) is 7.62. The molecule has 2 fully saturated rings. The predicted octanol–water partition coefficient (Wildman–Crippen LogP) is 2.49. The van der Waals surface area contributed by atoms with Crippen LogP contribution in [0.25, 0.3) is 0 Å². The fraction of sp³-hybridized carbons (Fsp3) is 0.600. The van der Waals surface area contributed by atoms with Gasteiger partial charge in [0.1, 0.15) is 0 Å². The molecular weight excluding hydrogens is 208 g/mol. The third-order valence-corrected chi connectivity index (χ3v) is 3.97. The zero-order chi connectivity index (χ0) is 11.8. The van der Waals surface area contributed by atoms with Gasteiger partial charge in [0.15, 0.2) is 0 Å². The van der Waals surface area contributed by atoms with Crippen LogP contribution >= 0.6 is 0 Å². The molecule has 1 aliphatic heterocycles. The highest BCUT2D eigenvalue weighted by molar-refractivity contribution is 5.51. The van der Waals surface area contributed by atoms with Gasteiger partial charge in [-0.1, -0.05) is 6.07 Å². The molecule has 2 nitrogen and oxygen atoms in total. The zero-order valence-corrected chi connectivity index (χ0v) is 10.9. The molecule has 1 saturated carbocycles. The largest absolute Gasteiger partial charge is 0.369 e. The Kier molecular flexibility index (Phi) is 2.83. The van der Waals surface area contributed by atoms with Crippen molar-refractivity contribution in [2.75, 3.05) is 24.5 Å². The van der Waals surface area contributed by atoms with Crippen molar-refractivity contribution in [1.82, 2.24) is 5.32 Å². The van der Waals surface area contributed by atoms with E-state index in [4.69, 9.17) is 0 Å². The number of aryl methyl sites for hydroxylation is 2. The smallest absolute Gasteiger partial charge is 0.0372 e. The minimum atomic E-state index is 0.726. The van der Waals surface area contributed by atoms with Gasteiger partial charge >= 0.3 is 0 Å². The van der Waals surface area contributed by atoms with Crippen LogP contribution in [0.4, 0.5) is 5.69 Å². The van der Waals surface area contributed by atoms with Crippen LogP contribution < -0.4 is 10.2 Å². The van der Waals surface area contributed by atoms with Gasteiger partial charge in [-0.05, 0) is 55.9 Å². The first-order chi connectivity index (χ1) is 8.22. The fourth-order valence-corrected chi connectivity index (χ4v) is 2.96. The Balaban J connectivity index is 1.77. The average molecular weight is 230 g/mol. The summed E-state index contributed by atoms with van der Waals surface area (Å²) in [5.41, 5.74) is 4.16. The second kappa shape index (κ2) is 4.34. The molecule has 17 heavy (non-hydrogen) atoms. The first kappa shape index (κ1) is 11.1. The minimum Gasteiger partial charge on any atom is -0.369 e. The van der Waals surface area contributed by atoms with Crippen LogP contribution in [-0.2, 0) is 0 Å². The number of piperazine rings is 1. The van der Waals surface area contributed by atoms with Crippen LogP contribution in [-0.4, -0.2) is 25.7 Å². The SMILES string of the molecule is Cc1cc(C)cc(N2CCNC(C3CC3)C2)c1. The van der Waals surface area contributed by atoms with Gasteiger partial charge in [-0.2, -0.15) is 0 Å². The lowest BCUT2D eigenvalue weighted by Gasteiger charge is -2.35. The van der Waals surface area contributed by atoms with Crippen molar-refractivity contribution in [3.8, 4) is 0 Å². The van der Waals surface area contributed by atoms with E-state index in [0.717, 1.165) is 25.0 Å². The lowest BCUT2D eigenvalue weighted by atomic mass is 10.1. The number of anilines is 1. The van der Waals surface area contributed by atoms with Crippen LogP contribution in [0.2, 0.25) is 0 Å². The molecule has 0 radical (unpaired) electrons. The highest BCUT2D eigenvalue weighted by Crippen LogP contribution is 2.34. The summed E-state index contributed by atoms with van der Waals surface area (Å²) in [5, 5.41) is 3.67. The van der Waals surface area contributed by atoms with Crippen molar-refractivity contribution in [2.24, 2.45) is 5.92 Å². The van der Waals surface area contributed by atoms with Gasteiger partial charge in [0.2, 0.25) is 0 Å². The molecule has 2 aliphatic rings. The maximum atomic E-state index is 3.67. The molecule has 0 aromatic heterocycles. The zero-order valence-electron chi connectivity index (χ0n) is 10.9. The normalized spacial score (nSPS) is 25.1. The van der Waals surface area contributed by atoms with Gasteiger partial charge in [0.25, 0.3) is 0 Å². The Morgan fingerprint density at radius 1 is 1.12 bits per heavy atom. The van der Waals surface area contributed by atoms with Crippen LogP contribution in [0.15, 0.2) is 18.2 Å². The third kappa shape index (κ3) is 2.47. The summed E-state index contributed by atoms with van der Waals surface area (Å²) < 4.78 is 0. The third-order valence-electron chi connectivity index (χ3n) is 3.97. The molecule has 1 saturated heterocycles. The van der Waals surface area contributed by atoms with Gasteiger partial charge in [0.05, 0.1) is 0 Å². The summed E-state index contributed by atoms with van der Waals surface area (Å²) in [4.78, 5) is 2.56. The molecule has 3 rings (SSSR count). The second-order valence-electron chi connectivity index (χ2n) is 5.69. The lowest BCUT2D eigenvalue weighted by molar-refractivity contribution is 0.419. The topological polar surface area (TPSA) is 15.3 Å². The number of nitrogens with zero attached hydrogens (tertiary/aromatic N) is 1. The molecule has 1 unspecified atom stereocenters. The van der Waals surface area contributed by atoms with Crippen molar-refractivity contribution >= 4 is 5.69 Å². The molecule has 1 N–H and O–H groups in total. The first-order valence-corrected chi connectivity index (χ1v) is 6.79. The molecule has 1 aromatic rings. The molecule has 1 aromatic carbocycles. The maximum Gasteiger partial charge on any atom is 0.0372 e. The Hall–Kier alpha value is -1.02. The van der Waals surface area contributed by atoms with E-state index < -0.39 is 0 Å². The van der Waals surface area contributed by atoms with Crippen LogP contribution in [0.1, 0.15) is 24.0 Å². The fourth-order valence-electron chi connectivity index (χ4n) is 2.96. The quantitative estimate of drug-likeness (QED) is 0.839. The van der Waals surface area contributed by atoms with Gasteiger partial charge in [-0.25, -0.2) is 0 Å². The Bertz CT molecular complexity index is 389. The van der Waals surface area contributed by atoms with E-state index in [2.05, 4.69) is 42.3 Å². The number of rotatable bonds is 2. The second-order valence-corrected chi connectivity index (χ2v) is 5.69. The van der Waals surface area contributed by atoms with Crippen LogP contribution in [0, 0.1) is 19.8 Å². The molecule has 1 aliphatic carbocycles. The molecule has 2 heteroatoms. The van der Waals surface area contributed by atoms with E-state index in [-0.39, 0.29) is 0 Å². The van der Waals surface area contributed by atoms with Gasteiger partial charge < -0.3 is 10.2 Å². The van der Waals surface area contributed by atoms with E-state index in [0.29, 0.717) is 0 Å². The standard InChI is InChI=1S/C15H22N2/c1-11-7-12(2)9-14(8-11)17-6-5-16-15(10-17)13-3-4-13/h7-9,13,15-16H,3-6,10H2,1-2H3. The Morgan fingerprint density at radius 2 is 1.82 bits per heavy atom. The molecule has 0 bridgehead atoms. The summed E-state index contributed by atoms with van der Waals surface area (Å²) >= 11 is 0. The maximum absolute atomic E-state index is 3.67. The van der Waals surface area contributed by atoms with Crippen LogP contribution in [0.5, 0.6) is 0 Å². The summed E-state index contributed by atoms with van der Waals surface area (Å²) in [5.74, 6) is 0.948. The molecule has 1 atom stereocenters. The van der Waals surface area contributed by atoms with Crippen molar-refractivity contribution < 1.29 is 0 Å². The van der Waals surface area contributed by atoms with Crippen LogP contribution in [0.3, 0.4) is 0 Å². The number of hydrogen-bond donors (Lipinski definition) is 1. The summed E-state index contributed by atoms with van der Waals surface area (Å²) in [6.45, 7) is 7.85. The van der Waals surface area contributed by atoms with E-state index in [9.17, 15) is 0 Å². The van der Waals surface area contributed by atoms with Crippen molar-refractivity contribution in [2.45, 2.75) is 32.7 Å². The van der Waals surface area contributed by atoms with E-state index >= 15 is 0 Å². The first-order valence-electron chi connectivity index (χ1n) is 6.79. The van der Waals surface area contributed by atoms with Crippen molar-refractivity contribution in [1.29, 1.82) is 0 Å². The molecule has 1 heterocycles. The number of nitrogens with one attached hydrogen (secondary N) is 1. The lowest BCUT2D eigenvalue weighted by Crippen LogP contribution is -2.51. The monoisotopic (exact) mass is 230 g/mol. The van der Waals surface area contributed by atoms with E-state index in [1.807, 2.05) is 0 Å². The molecule has 0 amide bonds. The highest BCUT2D eigenvalue weighted by atomic mass is 15.2. The van der Waals surface area contributed by atoms with Crippen molar-refractivity contribution in [3.05, 3.63) is 29.3 Å². The van der Waals surface area contributed by atoms with Gasteiger partial charge in [-0.15, -0.1) is 0 Å². The molecule has 92 valence electrons. The summed E-state index contributed by atoms with van der Waals surface area (Å²) in [7, 11) is 0. The minimum absolute atomic E-state index is 0.726. The number of benzene rings is 1. The predicted molar refractivity (Wildman–Crippen MR) is 72.6 cm³/mol. The molecule has 0 spiro atoms. The van der Waals surface area contributed by atoms with Crippen molar-refractivity contribution in [3.63, 3.8) is 0 Å². The number of hydrogen-bond acceptors (Lipinski definition) is 2. The van der Waals surface area contributed by atoms with Gasteiger partial charge in [0, 0.05) is 31.4 Å². The Labute approximate surface area is 104 Å². The summed E-state index contributed by atoms with van der Waals surface area (Å²) in [6.07, 6.45) is 2.86. The highest BCUT2D eigenvalue weighted by Gasteiger charge is 2.34. The average Bonchev–Trinajstić information content (AvgIpc) is 3.12. The van der Waals surface area contributed by atoms with E-state index in [1.165, 1.54) is 36.2 Å². The molecular formula is C15H22N2. The van der Waals surface area contributed by atoms with Gasteiger partial charge in [-0.3, -0.25) is 0 Å². The Morgan fingerprint density at radius 3 is 2.47 bits per heavy atom.